The monoisotopic (exact) mass is 556 g/mol. The minimum absolute atomic E-state index is 0.00592. The van der Waals surface area contributed by atoms with Crippen molar-refractivity contribution in [2.45, 2.75) is 26.7 Å². The highest BCUT2D eigenvalue weighted by Gasteiger charge is 2.11. The minimum atomic E-state index is -0.496. The highest BCUT2D eigenvalue weighted by atomic mass is 79.9. The third kappa shape index (κ3) is 7.76. The van der Waals surface area contributed by atoms with Crippen LogP contribution in [0.3, 0.4) is 0 Å². The summed E-state index contributed by atoms with van der Waals surface area (Å²) >= 11 is 8.51. The van der Waals surface area contributed by atoms with Crippen LogP contribution in [0, 0.1) is 13.8 Å². The van der Waals surface area contributed by atoms with E-state index in [4.69, 9.17) is 17.0 Å². The number of hydrogen-bond donors (Lipinski definition) is 4. The molecule has 35 heavy (non-hydrogen) atoms. The lowest BCUT2D eigenvalue weighted by molar-refractivity contribution is -0.125. The second kappa shape index (κ2) is 12.3. The van der Waals surface area contributed by atoms with Gasteiger partial charge < -0.3 is 10.1 Å². The van der Waals surface area contributed by atoms with Crippen LogP contribution < -0.4 is 26.2 Å². The van der Waals surface area contributed by atoms with Gasteiger partial charge in [0.25, 0.3) is 5.91 Å². The lowest BCUT2D eigenvalue weighted by Gasteiger charge is -2.12. The molecule has 0 aliphatic carbocycles. The fourth-order valence-corrected chi connectivity index (χ4v) is 3.89. The molecule has 0 saturated carbocycles. The normalized spacial score (nSPS) is 10.4. The Morgan fingerprint density at radius 3 is 2.40 bits per heavy atom. The number of carbonyl (C=O) groups is 3. The molecule has 0 saturated heterocycles. The second-order valence-electron chi connectivity index (χ2n) is 7.79. The summed E-state index contributed by atoms with van der Waals surface area (Å²) in [4.78, 5) is 36.2. The lowest BCUT2D eigenvalue weighted by atomic mass is 10.1. The molecule has 0 aliphatic rings. The van der Waals surface area contributed by atoms with Crippen molar-refractivity contribution in [3.8, 4) is 5.75 Å². The molecule has 0 spiro atoms. The predicted octanol–water partition coefficient (Wildman–Crippen LogP) is 4.04. The van der Waals surface area contributed by atoms with Gasteiger partial charge in [0.1, 0.15) is 5.75 Å². The summed E-state index contributed by atoms with van der Waals surface area (Å²) in [6.07, 6.45) is -0.0621. The van der Waals surface area contributed by atoms with Crippen LogP contribution in [0.25, 0.3) is 10.8 Å². The first kappa shape index (κ1) is 26.1. The Labute approximate surface area is 216 Å². The third-order valence-corrected chi connectivity index (χ3v) is 6.15. The first-order valence-electron chi connectivity index (χ1n) is 10.8. The van der Waals surface area contributed by atoms with Gasteiger partial charge in [0.2, 0.25) is 11.8 Å². The van der Waals surface area contributed by atoms with Crippen LogP contribution in [0.4, 0.5) is 5.69 Å². The summed E-state index contributed by atoms with van der Waals surface area (Å²) in [6, 6.07) is 17.1. The zero-order valence-electron chi connectivity index (χ0n) is 19.2. The van der Waals surface area contributed by atoms with Crippen LogP contribution in [0.1, 0.15) is 24.0 Å². The number of aryl methyl sites for hydroxylation is 2. The van der Waals surface area contributed by atoms with Crippen molar-refractivity contribution in [3.05, 3.63) is 70.2 Å². The third-order valence-electron chi connectivity index (χ3n) is 5.12. The van der Waals surface area contributed by atoms with E-state index in [1.807, 2.05) is 62.4 Å². The molecular weight excluding hydrogens is 532 g/mol. The molecule has 0 fully saturated rings. The van der Waals surface area contributed by atoms with Gasteiger partial charge in [0, 0.05) is 18.5 Å². The minimum Gasteiger partial charge on any atom is -0.483 e. The molecule has 3 aromatic rings. The number of nitrogens with one attached hydrogen (secondary N) is 4. The Balaban J connectivity index is 1.36. The summed E-state index contributed by atoms with van der Waals surface area (Å²) in [5.74, 6) is -0.709. The number of carbonyl (C=O) groups excluding carboxylic acids is 3. The van der Waals surface area contributed by atoms with Crippen molar-refractivity contribution in [1.29, 1.82) is 0 Å². The largest absolute Gasteiger partial charge is 0.483 e. The van der Waals surface area contributed by atoms with Gasteiger partial charge >= 0.3 is 0 Å². The molecular formula is C25H25BrN4O4S. The first-order valence-corrected chi connectivity index (χ1v) is 12.0. The zero-order valence-corrected chi connectivity index (χ0v) is 21.6. The van der Waals surface area contributed by atoms with Gasteiger partial charge in [0.05, 0.1) is 4.47 Å². The van der Waals surface area contributed by atoms with E-state index in [0.717, 1.165) is 26.4 Å². The van der Waals surface area contributed by atoms with Crippen molar-refractivity contribution in [1.82, 2.24) is 16.2 Å². The number of hydrogen-bond acceptors (Lipinski definition) is 5. The Bertz CT molecular complexity index is 1280. The maximum atomic E-state index is 12.1. The Hall–Kier alpha value is -3.50. The molecule has 0 heterocycles. The van der Waals surface area contributed by atoms with E-state index >= 15 is 0 Å². The molecule has 8 nitrogen and oxygen atoms in total. The number of rotatable bonds is 7. The van der Waals surface area contributed by atoms with Gasteiger partial charge in [-0.15, -0.1) is 0 Å². The number of anilines is 1. The molecule has 4 N–H and O–H groups in total. The molecule has 3 aromatic carbocycles. The highest BCUT2D eigenvalue weighted by molar-refractivity contribution is 9.10. The summed E-state index contributed by atoms with van der Waals surface area (Å²) in [7, 11) is 0. The highest BCUT2D eigenvalue weighted by Crippen LogP contribution is 2.32. The van der Waals surface area contributed by atoms with Gasteiger partial charge in [-0.2, -0.15) is 0 Å². The van der Waals surface area contributed by atoms with Crippen molar-refractivity contribution >= 4 is 67.4 Å². The summed E-state index contributed by atoms with van der Waals surface area (Å²) in [6.45, 7) is 3.67. The predicted molar refractivity (Wildman–Crippen MR) is 143 cm³/mol. The van der Waals surface area contributed by atoms with Crippen molar-refractivity contribution in [2.24, 2.45) is 0 Å². The number of fused-ring (bicyclic) bond motifs is 1. The Morgan fingerprint density at radius 1 is 0.886 bits per heavy atom. The summed E-state index contributed by atoms with van der Waals surface area (Å²) < 4.78 is 6.33. The van der Waals surface area contributed by atoms with Gasteiger partial charge in [-0.3, -0.25) is 30.6 Å². The van der Waals surface area contributed by atoms with E-state index < -0.39 is 11.8 Å². The maximum Gasteiger partial charge on any atom is 0.264 e. The number of thiocarbonyl (C=S) groups is 1. The number of halogens is 1. The van der Waals surface area contributed by atoms with E-state index in [-0.39, 0.29) is 30.5 Å². The lowest BCUT2D eigenvalue weighted by Crippen LogP contribution is -2.49. The van der Waals surface area contributed by atoms with E-state index in [9.17, 15) is 14.4 Å². The average molecular weight is 557 g/mol. The van der Waals surface area contributed by atoms with Crippen molar-refractivity contribution in [2.75, 3.05) is 11.9 Å². The Kier molecular flexibility index (Phi) is 9.16. The van der Waals surface area contributed by atoms with Crippen molar-refractivity contribution in [3.63, 3.8) is 0 Å². The van der Waals surface area contributed by atoms with Gasteiger partial charge in [0.15, 0.2) is 11.7 Å². The summed E-state index contributed by atoms with van der Waals surface area (Å²) in [5.41, 5.74) is 7.66. The van der Waals surface area contributed by atoms with Gasteiger partial charge in [-0.1, -0.05) is 36.4 Å². The fourth-order valence-electron chi connectivity index (χ4n) is 3.12. The second-order valence-corrected chi connectivity index (χ2v) is 8.99. The number of amides is 3. The Morgan fingerprint density at radius 2 is 1.63 bits per heavy atom. The van der Waals surface area contributed by atoms with Crippen LogP contribution in [0.5, 0.6) is 5.75 Å². The van der Waals surface area contributed by atoms with E-state index in [1.165, 1.54) is 0 Å². The first-order chi connectivity index (χ1) is 16.7. The van der Waals surface area contributed by atoms with Gasteiger partial charge in [-0.25, -0.2) is 0 Å². The molecule has 0 aromatic heterocycles. The maximum absolute atomic E-state index is 12.1. The molecule has 3 rings (SSSR count). The average Bonchev–Trinajstić information content (AvgIpc) is 2.83. The van der Waals surface area contributed by atoms with Crippen LogP contribution in [-0.4, -0.2) is 29.4 Å². The number of benzene rings is 3. The quantitative estimate of drug-likeness (QED) is 0.258. The molecule has 10 heteroatoms. The SMILES string of the molecule is Cc1ccc(NC(=O)CCC(=O)NNC(=S)NC(=O)COc2ccc3ccccc3c2Br)cc1C. The standard InChI is InChI=1S/C25H25BrN4O4S/c1-15-7-9-18(13-16(15)2)27-21(31)11-12-22(32)29-30-25(35)28-23(33)14-34-20-10-8-17-5-3-4-6-19(17)24(20)26/h3-10,13H,11-12,14H2,1-2H3,(H,27,31)(H,29,32)(H2,28,30,33,35). The van der Waals surface area contributed by atoms with Gasteiger partial charge in [-0.05, 0) is 82.1 Å². The topological polar surface area (TPSA) is 109 Å². The molecule has 0 radical (unpaired) electrons. The van der Waals surface area contributed by atoms with Crippen LogP contribution in [-0.2, 0) is 14.4 Å². The van der Waals surface area contributed by atoms with Crippen LogP contribution >= 0.6 is 28.1 Å². The van der Waals surface area contributed by atoms with Crippen LogP contribution in [0.2, 0.25) is 0 Å². The summed E-state index contributed by atoms with van der Waals surface area (Å²) in [5, 5.41) is 7.09. The van der Waals surface area contributed by atoms with Crippen LogP contribution in [0.15, 0.2) is 59.1 Å². The van der Waals surface area contributed by atoms with E-state index in [2.05, 4.69) is 37.4 Å². The van der Waals surface area contributed by atoms with Crippen molar-refractivity contribution < 1.29 is 19.1 Å². The molecule has 0 unspecified atom stereocenters. The molecule has 0 atom stereocenters. The molecule has 3 amide bonds. The van der Waals surface area contributed by atoms with E-state index in [0.29, 0.717) is 11.4 Å². The van der Waals surface area contributed by atoms with E-state index in [1.54, 1.807) is 6.07 Å². The zero-order chi connectivity index (χ0) is 25.4. The molecule has 182 valence electrons. The number of ether oxygens (including phenoxy) is 1. The fraction of sp³-hybridized carbons (Fsp3) is 0.200. The molecule has 0 aliphatic heterocycles. The number of hydrazine groups is 1. The molecule has 0 bridgehead atoms. The smallest absolute Gasteiger partial charge is 0.264 e.